The Kier molecular flexibility index (Phi) is 2.91. The topological polar surface area (TPSA) is 51.7 Å². The lowest BCUT2D eigenvalue weighted by atomic mass is 10.1. The van der Waals surface area contributed by atoms with Crippen LogP contribution in [0.3, 0.4) is 0 Å². The Morgan fingerprint density at radius 2 is 2.39 bits per heavy atom. The molecule has 3 heterocycles. The number of aromatic nitrogens is 1. The van der Waals surface area contributed by atoms with Crippen LogP contribution in [0.2, 0.25) is 0 Å². The SMILES string of the molecule is CC1CCC(C(=O)N2CCOc3ccncc32)O1. The highest BCUT2D eigenvalue weighted by atomic mass is 16.5. The Morgan fingerprint density at radius 1 is 1.50 bits per heavy atom. The van der Waals surface area contributed by atoms with Crippen molar-refractivity contribution in [1.29, 1.82) is 0 Å². The van der Waals surface area contributed by atoms with E-state index in [1.165, 1.54) is 0 Å². The first-order chi connectivity index (χ1) is 8.75. The molecule has 96 valence electrons. The average Bonchev–Trinajstić information content (AvgIpc) is 2.84. The molecule has 1 amide bonds. The van der Waals surface area contributed by atoms with Gasteiger partial charge in [0.15, 0.2) is 0 Å². The molecule has 2 unspecified atom stereocenters. The summed E-state index contributed by atoms with van der Waals surface area (Å²) in [4.78, 5) is 18.2. The van der Waals surface area contributed by atoms with Crippen LogP contribution in [0.1, 0.15) is 19.8 Å². The van der Waals surface area contributed by atoms with Gasteiger partial charge in [0.25, 0.3) is 5.91 Å². The Bertz CT molecular complexity index is 463. The molecule has 2 atom stereocenters. The van der Waals surface area contributed by atoms with Crippen molar-refractivity contribution < 1.29 is 14.3 Å². The zero-order valence-electron chi connectivity index (χ0n) is 10.3. The third kappa shape index (κ3) is 1.95. The van der Waals surface area contributed by atoms with Crippen molar-refractivity contribution in [3.05, 3.63) is 18.5 Å². The first-order valence-corrected chi connectivity index (χ1v) is 6.29. The summed E-state index contributed by atoms with van der Waals surface area (Å²) in [5.74, 6) is 0.743. The van der Waals surface area contributed by atoms with Gasteiger partial charge in [0.2, 0.25) is 0 Å². The van der Waals surface area contributed by atoms with Crippen LogP contribution in [-0.4, -0.2) is 36.3 Å². The first-order valence-electron chi connectivity index (χ1n) is 6.29. The number of anilines is 1. The van der Waals surface area contributed by atoms with E-state index in [-0.39, 0.29) is 18.1 Å². The molecular weight excluding hydrogens is 232 g/mol. The Hall–Kier alpha value is -1.62. The fourth-order valence-electron chi connectivity index (χ4n) is 2.45. The maximum Gasteiger partial charge on any atom is 0.256 e. The van der Waals surface area contributed by atoms with Crippen LogP contribution >= 0.6 is 0 Å². The molecule has 5 heteroatoms. The second-order valence-corrected chi connectivity index (χ2v) is 4.69. The van der Waals surface area contributed by atoms with Gasteiger partial charge in [0, 0.05) is 12.3 Å². The quantitative estimate of drug-likeness (QED) is 0.753. The fraction of sp³-hybridized carbons (Fsp3) is 0.538. The lowest BCUT2D eigenvalue weighted by Gasteiger charge is -2.30. The number of pyridine rings is 1. The van der Waals surface area contributed by atoms with E-state index in [1.54, 1.807) is 23.4 Å². The van der Waals surface area contributed by atoms with Crippen LogP contribution in [0, 0.1) is 0 Å². The molecule has 1 saturated heterocycles. The van der Waals surface area contributed by atoms with Crippen molar-refractivity contribution in [1.82, 2.24) is 4.98 Å². The number of amides is 1. The molecule has 2 aliphatic rings. The highest BCUT2D eigenvalue weighted by Crippen LogP contribution is 2.32. The summed E-state index contributed by atoms with van der Waals surface area (Å²) in [5, 5.41) is 0. The molecule has 0 radical (unpaired) electrons. The van der Waals surface area contributed by atoms with Crippen molar-refractivity contribution in [3.8, 4) is 5.75 Å². The molecule has 2 aliphatic heterocycles. The van der Waals surface area contributed by atoms with E-state index in [2.05, 4.69) is 4.98 Å². The molecule has 0 saturated carbocycles. The molecule has 1 aromatic rings. The van der Waals surface area contributed by atoms with E-state index in [9.17, 15) is 4.79 Å². The molecule has 0 aliphatic carbocycles. The summed E-state index contributed by atoms with van der Waals surface area (Å²) >= 11 is 0. The van der Waals surface area contributed by atoms with Crippen molar-refractivity contribution in [2.45, 2.75) is 32.0 Å². The minimum absolute atomic E-state index is 0.0249. The molecule has 18 heavy (non-hydrogen) atoms. The Balaban J connectivity index is 1.83. The van der Waals surface area contributed by atoms with E-state index in [0.717, 1.165) is 24.3 Å². The number of hydrogen-bond donors (Lipinski definition) is 0. The van der Waals surface area contributed by atoms with Crippen LogP contribution in [0.4, 0.5) is 5.69 Å². The molecule has 0 aromatic carbocycles. The monoisotopic (exact) mass is 248 g/mol. The standard InChI is InChI=1S/C13H16N2O3/c1-9-2-3-12(18-9)13(16)15-6-7-17-11-4-5-14-8-10(11)15/h4-5,8-9,12H,2-3,6-7H2,1H3. The van der Waals surface area contributed by atoms with Crippen molar-refractivity contribution in [3.63, 3.8) is 0 Å². The third-order valence-corrected chi connectivity index (χ3v) is 3.40. The lowest BCUT2D eigenvalue weighted by molar-refractivity contribution is -0.129. The van der Waals surface area contributed by atoms with Gasteiger partial charge in [-0.15, -0.1) is 0 Å². The van der Waals surface area contributed by atoms with Crippen LogP contribution in [0.5, 0.6) is 5.75 Å². The van der Waals surface area contributed by atoms with Gasteiger partial charge in [-0.2, -0.15) is 0 Å². The smallest absolute Gasteiger partial charge is 0.256 e. The summed E-state index contributed by atoms with van der Waals surface area (Å²) in [5.41, 5.74) is 0.747. The largest absolute Gasteiger partial charge is 0.489 e. The lowest BCUT2D eigenvalue weighted by Crippen LogP contribution is -2.43. The molecule has 1 aromatic heterocycles. The zero-order valence-corrected chi connectivity index (χ0v) is 10.3. The Labute approximate surface area is 106 Å². The first kappa shape index (κ1) is 11.5. The third-order valence-electron chi connectivity index (χ3n) is 3.40. The summed E-state index contributed by atoms with van der Waals surface area (Å²) in [6.07, 6.45) is 4.94. The van der Waals surface area contributed by atoms with Gasteiger partial charge in [0.1, 0.15) is 24.1 Å². The second-order valence-electron chi connectivity index (χ2n) is 4.69. The van der Waals surface area contributed by atoms with Gasteiger partial charge in [-0.1, -0.05) is 0 Å². The number of fused-ring (bicyclic) bond motifs is 1. The second kappa shape index (κ2) is 4.57. The maximum absolute atomic E-state index is 12.4. The molecule has 5 nitrogen and oxygen atoms in total. The predicted molar refractivity (Wildman–Crippen MR) is 65.7 cm³/mol. The maximum atomic E-state index is 12.4. The van der Waals surface area contributed by atoms with E-state index < -0.39 is 0 Å². The zero-order chi connectivity index (χ0) is 12.5. The summed E-state index contributed by atoms with van der Waals surface area (Å²) in [6, 6.07) is 1.78. The van der Waals surface area contributed by atoms with E-state index in [4.69, 9.17) is 9.47 Å². The van der Waals surface area contributed by atoms with E-state index >= 15 is 0 Å². The minimum Gasteiger partial charge on any atom is -0.489 e. The fourth-order valence-corrected chi connectivity index (χ4v) is 2.45. The summed E-state index contributed by atoms with van der Waals surface area (Å²) < 4.78 is 11.2. The molecule has 3 rings (SSSR count). The van der Waals surface area contributed by atoms with E-state index in [1.807, 2.05) is 6.92 Å². The minimum atomic E-state index is -0.314. The van der Waals surface area contributed by atoms with Crippen LogP contribution in [-0.2, 0) is 9.53 Å². The Morgan fingerprint density at radius 3 is 3.17 bits per heavy atom. The highest BCUT2D eigenvalue weighted by Gasteiger charge is 2.34. The number of carbonyl (C=O) groups excluding carboxylic acids is 1. The average molecular weight is 248 g/mol. The molecule has 1 fully saturated rings. The van der Waals surface area contributed by atoms with Gasteiger partial charge >= 0.3 is 0 Å². The number of rotatable bonds is 1. The number of carbonyl (C=O) groups is 1. The van der Waals surface area contributed by atoms with Crippen LogP contribution in [0.15, 0.2) is 18.5 Å². The summed E-state index contributed by atoms with van der Waals surface area (Å²) in [7, 11) is 0. The normalized spacial score (nSPS) is 26.6. The highest BCUT2D eigenvalue weighted by molar-refractivity contribution is 5.98. The predicted octanol–water partition coefficient (Wildman–Crippen LogP) is 1.37. The van der Waals surface area contributed by atoms with Crippen molar-refractivity contribution >= 4 is 11.6 Å². The molecule has 0 bridgehead atoms. The number of hydrogen-bond acceptors (Lipinski definition) is 4. The van der Waals surface area contributed by atoms with Gasteiger partial charge in [-0.25, -0.2) is 0 Å². The van der Waals surface area contributed by atoms with Crippen molar-refractivity contribution in [2.75, 3.05) is 18.1 Å². The molecule has 0 N–H and O–H groups in total. The molecular formula is C13H16N2O3. The van der Waals surface area contributed by atoms with Gasteiger partial charge in [-0.3, -0.25) is 9.78 Å². The summed E-state index contributed by atoms with van der Waals surface area (Å²) in [6.45, 7) is 3.08. The van der Waals surface area contributed by atoms with Gasteiger partial charge in [-0.05, 0) is 19.8 Å². The van der Waals surface area contributed by atoms with Crippen molar-refractivity contribution in [2.24, 2.45) is 0 Å². The van der Waals surface area contributed by atoms with Crippen LogP contribution in [0.25, 0.3) is 0 Å². The number of nitrogens with zero attached hydrogens (tertiary/aromatic N) is 2. The van der Waals surface area contributed by atoms with Gasteiger partial charge < -0.3 is 14.4 Å². The number of ether oxygens (including phenoxy) is 2. The van der Waals surface area contributed by atoms with Crippen LogP contribution < -0.4 is 9.64 Å². The molecule has 0 spiro atoms. The van der Waals surface area contributed by atoms with Gasteiger partial charge in [0.05, 0.1) is 18.8 Å². The van der Waals surface area contributed by atoms with E-state index in [0.29, 0.717) is 13.2 Å².